The number of aromatic hydroxyl groups is 1. The van der Waals surface area contributed by atoms with E-state index in [9.17, 15) is 19.8 Å². The predicted molar refractivity (Wildman–Crippen MR) is 78.6 cm³/mol. The highest BCUT2D eigenvalue weighted by molar-refractivity contribution is 6.34. The third-order valence-corrected chi connectivity index (χ3v) is 4.28. The molecule has 0 bridgehead atoms. The van der Waals surface area contributed by atoms with Crippen LogP contribution in [0, 0.1) is 5.92 Å². The molecule has 0 saturated heterocycles. The van der Waals surface area contributed by atoms with Gasteiger partial charge in [-0.15, -0.1) is 0 Å². The van der Waals surface area contributed by atoms with E-state index in [0.29, 0.717) is 12.8 Å². The van der Waals surface area contributed by atoms with Crippen LogP contribution in [0.5, 0.6) is 5.75 Å². The quantitative estimate of drug-likeness (QED) is 0.801. The van der Waals surface area contributed by atoms with Gasteiger partial charge in [-0.3, -0.25) is 4.79 Å². The molecule has 0 heterocycles. The number of halogens is 1. The van der Waals surface area contributed by atoms with E-state index in [2.05, 4.69) is 5.32 Å². The molecule has 5 nitrogen and oxygen atoms in total. The molecule has 0 spiro atoms. The highest BCUT2D eigenvalue weighted by atomic mass is 35.5. The Kier molecular flexibility index (Phi) is 4.42. The van der Waals surface area contributed by atoms with Crippen LogP contribution in [-0.4, -0.2) is 27.6 Å². The first kappa shape index (κ1) is 15.6. The third-order valence-electron chi connectivity index (χ3n) is 3.95. The second-order valence-electron chi connectivity index (χ2n) is 5.71. The number of nitrogens with one attached hydrogen (secondary N) is 1. The Bertz CT molecular complexity index is 575. The molecule has 114 valence electrons. The molecular formula is C15H18ClNO4. The van der Waals surface area contributed by atoms with E-state index < -0.39 is 17.4 Å². The van der Waals surface area contributed by atoms with Crippen molar-refractivity contribution in [1.29, 1.82) is 0 Å². The van der Waals surface area contributed by atoms with Crippen LogP contribution >= 0.6 is 11.6 Å². The van der Waals surface area contributed by atoms with E-state index in [1.165, 1.54) is 18.2 Å². The first-order valence-corrected chi connectivity index (χ1v) is 7.26. The number of amides is 1. The number of phenolic OH excluding ortho intramolecular Hbond substituents is 1. The average Bonchev–Trinajstić information content (AvgIpc) is 2.41. The number of hydrogen-bond acceptors (Lipinski definition) is 3. The number of aliphatic carboxylic acids is 1. The van der Waals surface area contributed by atoms with Crippen LogP contribution in [0.25, 0.3) is 0 Å². The molecule has 0 radical (unpaired) electrons. The van der Waals surface area contributed by atoms with Gasteiger partial charge in [0.25, 0.3) is 5.91 Å². The molecule has 1 fully saturated rings. The van der Waals surface area contributed by atoms with E-state index in [-0.39, 0.29) is 22.3 Å². The van der Waals surface area contributed by atoms with E-state index in [4.69, 9.17) is 11.6 Å². The summed E-state index contributed by atoms with van der Waals surface area (Å²) in [6.45, 7) is 1.98. The van der Waals surface area contributed by atoms with Crippen LogP contribution in [0.2, 0.25) is 5.02 Å². The zero-order valence-electron chi connectivity index (χ0n) is 11.7. The second kappa shape index (κ2) is 5.93. The normalized spacial score (nSPS) is 25.3. The molecule has 6 heteroatoms. The maximum absolute atomic E-state index is 12.3. The second-order valence-corrected chi connectivity index (χ2v) is 6.11. The number of phenols is 1. The molecule has 1 saturated carbocycles. The van der Waals surface area contributed by atoms with Crippen LogP contribution in [0.4, 0.5) is 0 Å². The van der Waals surface area contributed by atoms with Crippen LogP contribution in [0.3, 0.4) is 0 Å². The summed E-state index contributed by atoms with van der Waals surface area (Å²) in [4.78, 5) is 24.0. The van der Waals surface area contributed by atoms with Crippen LogP contribution < -0.4 is 5.32 Å². The minimum absolute atomic E-state index is 0.0792. The lowest BCUT2D eigenvalue weighted by molar-refractivity contribution is -0.146. The van der Waals surface area contributed by atoms with Gasteiger partial charge in [0, 0.05) is 0 Å². The predicted octanol–water partition coefficient (Wildman–Crippen LogP) is 2.81. The Balaban J connectivity index is 2.27. The van der Waals surface area contributed by atoms with Crippen LogP contribution in [-0.2, 0) is 4.79 Å². The third kappa shape index (κ3) is 3.29. The Morgan fingerprint density at radius 3 is 2.76 bits per heavy atom. The van der Waals surface area contributed by atoms with Crippen LogP contribution in [0.1, 0.15) is 43.0 Å². The van der Waals surface area contributed by atoms with Gasteiger partial charge in [-0.25, -0.2) is 4.79 Å². The first-order valence-electron chi connectivity index (χ1n) is 6.88. The van der Waals surface area contributed by atoms with Gasteiger partial charge in [-0.2, -0.15) is 0 Å². The van der Waals surface area contributed by atoms with Gasteiger partial charge >= 0.3 is 5.97 Å². The van der Waals surface area contributed by atoms with Crippen molar-refractivity contribution in [3.63, 3.8) is 0 Å². The van der Waals surface area contributed by atoms with Gasteiger partial charge in [0.1, 0.15) is 11.3 Å². The van der Waals surface area contributed by atoms with Crippen molar-refractivity contribution in [3.05, 3.63) is 28.8 Å². The smallest absolute Gasteiger partial charge is 0.329 e. The lowest BCUT2D eigenvalue weighted by atomic mass is 9.76. The Labute approximate surface area is 127 Å². The molecule has 1 amide bonds. The molecule has 2 rings (SSSR count). The standard InChI is InChI=1S/C15H18ClNO4/c1-9-3-2-6-15(8-9,14(20)21)17-13(19)11-7-10(18)4-5-12(11)16/h4-5,7,9,18H,2-3,6,8H2,1H3,(H,17,19)(H,20,21). The van der Waals surface area contributed by atoms with Crippen molar-refractivity contribution < 1.29 is 19.8 Å². The number of benzene rings is 1. The van der Waals surface area contributed by atoms with Crippen molar-refractivity contribution in [1.82, 2.24) is 5.32 Å². The summed E-state index contributed by atoms with van der Waals surface area (Å²) >= 11 is 5.94. The summed E-state index contributed by atoms with van der Waals surface area (Å²) in [5.74, 6) is -1.47. The maximum atomic E-state index is 12.3. The summed E-state index contributed by atoms with van der Waals surface area (Å²) in [7, 11) is 0. The summed E-state index contributed by atoms with van der Waals surface area (Å²) in [6.07, 6.45) is 2.50. The van der Waals surface area contributed by atoms with E-state index in [1.54, 1.807) is 0 Å². The number of carbonyl (C=O) groups is 2. The number of rotatable bonds is 3. The summed E-state index contributed by atoms with van der Waals surface area (Å²) < 4.78 is 0. The largest absolute Gasteiger partial charge is 0.508 e. The Hall–Kier alpha value is -1.75. The molecule has 21 heavy (non-hydrogen) atoms. The molecule has 2 unspecified atom stereocenters. The minimum atomic E-state index is -1.26. The van der Waals surface area contributed by atoms with Crippen molar-refractivity contribution in [3.8, 4) is 5.75 Å². The number of hydrogen-bond donors (Lipinski definition) is 3. The molecule has 0 aromatic heterocycles. The minimum Gasteiger partial charge on any atom is -0.508 e. The van der Waals surface area contributed by atoms with E-state index >= 15 is 0 Å². The van der Waals surface area contributed by atoms with Crippen molar-refractivity contribution in [2.24, 2.45) is 5.92 Å². The van der Waals surface area contributed by atoms with Crippen LogP contribution in [0.15, 0.2) is 18.2 Å². The molecule has 1 aliphatic rings. The SMILES string of the molecule is CC1CCCC(NC(=O)c2cc(O)ccc2Cl)(C(=O)O)C1. The van der Waals surface area contributed by atoms with Crippen molar-refractivity contribution in [2.75, 3.05) is 0 Å². The molecule has 1 aromatic rings. The van der Waals surface area contributed by atoms with E-state index in [0.717, 1.165) is 12.8 Å². The lowest BCUT2D eigenvalue weighted by Gasteiger charge is -2.37. The molecule has 3 N–H and O–H groups in total. The van der Waals surface area contributed by atoms with Crippen molar-refractivity contribution in [2.45, 2.75) is 38.1 Å². The molecular weight excluding hydrogens is 294 g/mol. The van der Waals surface area contributed by atoms with E-state index in [1.807, 2.05) is 6.92 Å². The highest BCUT2D eigenvalue weighted by Crippen LogP contribution is 2.33. The van der Waals surface area contributed by atoms with Gasteiger partial charge in [-0.05, 0) is 37.0 Å². The number of carbonyl (C=O) groups excluding carboxylic acids is 1. The number of carboxylic acids is 1. The fourth-order valence-corrected chi connectivity index (χ4v) is 3.09. The average molecular weight is 312 g/mol. The summed E-state index contributed by atoms with van der Waals surface area (Å²) in [5.41, 5.74) is -1.18. The Morgan fingerprint density at radius 2 is 2.14 bits per heavy atom. The number of carboxylic acid groups (broad SMARTS) is 1. The summed E-state index contributed by atoms with van der Waals surface area (Å²) in [5, 5.41) is 21.8. The zero-order chi connectivity index (χ0) is 15.6. The van der Waals surface area contributed by atoms with Gasteiger partial charge < -0.3 is 15.5 Å². The fourth-order valence-electron chi connectivity index (χ4n) is 2.88. The van der Waals surface area contributed by atoms with Gasteiger partial charge in [0.15, 0.2) is 0 Å². The van der Waals surface area contributed by atoms with Gasteiger partial charge in [0.05, 0.1) is 10.6 Å². The molecule has 1 aliphatic carbocycles. The summed E-state index contributed by atoms with van der Waals surface area (Å²) in [6, 6.07) is 4.01. The maximum Gasteiger partial charge on any atom is 0.329 e. The monoisotopic (exact) mass is 311 g/mol. The topological polar surface area (TPSA) is 86.6 Å². The molecule has 0 aliphatic heterocycles. The zero-order valence-corrected chi connectivity index (χ0v) is 12.5. The molecule has 1 aromatic carbocycles. The first-order chi connectivity index (χ1) is 9.84. The molecule has 2 atom stereocenters. The highest BCUT2D eigenvalue weighted by Gasteiger charge is 2.43. The van der Waals surface area contributed by atoms with Crippen molar-refractivity contribution >= 4 is 23.5 Å². The Morgan fingerprint density at radius 1 is 1.43 bits per heavy atom. The van der Waals surface area contributed by atoms with Gasteiger partial charge in [-0.1, -0.05) is 31.4 Å². The van der Waals surface area contributed by atoms with Gasteiger partial charge in [0.2, 0.25) is 0 Å². The fraction of sp³-hybridized carbons (Fsp3) is 0.467. The lowest BCUT2D eigenvalue weighted by Crippen LogP contribution is -2.56.